The molecule has 10 nitrogen and oxygen atoms in total. The molecule has 2 heterocycles. The Labute approximate surface area is 195 Å². The van der Waals surface area contributed by atoms with Crippen molar-refractivity contribution in [2.24, 2.45) is 0 Å². The van der Waals surface area contributed by atoms with Gasteiger partial charge in [0, 0.05) is 44.1 Å². The molecule has 0 saturated carbocycles. The SMILES string of the molecule is COc1ccc(S(=O)(=O)N2CCOC23CCN(C(=O)c2ccc(Cl)c([N+](=O)[O-])c2)CC3)cc1. The third-order valence-electron chi connectivity index (χ3n) is 5.99. The Morgan fingerprint density at radius 2 is 1.82 bits per heavy atom. The van der Waals surface area contributed by atoms with Gasteiger partial charge in [-0.15, -0.1) is 0 Å². The van der Waals surface area contributed by atoms with Gasteiger partial charge in [0.25, 0.3) is 11.6 Å². The van der Waals surface area contributed by atoms with Gasteiger partial charge in [-0.05, 0) is 36.4 Å². The Hall–Kier alpha value is -2.73. The maximum absolute atomic E-state index is 13.3. The minimum atomic E-state index is -3.82. The normalized spacial score (nSPS) is 18.4. The number of nitro benzene ring substituents is 1. The molecular weight excluding hydrogens is 474 g/mol. The average molecular weight is 496 g/mol. The Morgan fingerprint density at radius 3 is 2.42 bits per heavy atom. The first-order valence-corrected chi connectivity index (χ1v) is 12.0. The van der Waals surface area contributed by atoms with Gasteiger partial charge >= 0.3 is 0 Å². The van der Waals surface area contributed by atoms with Crippen LogP contribution in [0, 0.1) is 10.1 Å². The van der Waals surface area contributed by atoms with Gasteiger partial charge in [-0.2, -0.15) is 4.31 Å². The quantitative estimate of drug-likeness (QED) is 0.462. The fraction of sp³-hybridized carbons (Fsp3) is 0.381. The van der Waals surface area contributed by atoms with Crippen molar-refractivity contribution in [2.75, 3.05) is 33.4 Å². The van der Waals surface area contributed by atoms with Crippen molar-refractivity contribution in [3.05, 3.63) is 63.2 Å². The number of sulfonamides is 1. The highest BCUT2D eigenvalue weighted by atomic mass is 35.5. The number of hydrogen-bond donors (Lipinski definition) is 0. The molecule has 33 heavy (non-hydrogen) atoms. The van der Waals surface area contributed by atoms with Crippen molar-refractivity contribution in [2.45, 2.75) is 23.5 Å². The second-order valence-corrected chi connectivity index (χ2v) is 10.0. The highest BCUT2D eigenvalue weighted by Gasteiger charge is 2.51. The maximum Gasteiger partial charge on any atom is 0.288 e. The van der Waals surface area contributed by atoms with Crippen LogP contribution in [0.25, 0.3) is 0 Å². The van der Waals surface area contributed by atoms with Crippen molar-refractivity contribution in [1.29, 1.82) is 0 Å². The van der Waals surface area contributed by atoms with Gasteiger partial charge in [0.2, 0.25) is 10.0 Å². The number of nitro groups is 1. The first-order chi connectivity index (χ1) is 15.7. The molecule has 0 atom stereocenters. The molecule has 1 amide bonds. The van der Waals surface area contributed by atoms with E-state index in [1.54, 1.807) is 12.1 Å². The summed E-state index contributed by atoms with van der Waals surface area (Å²) in [6, 6.07) is 10.1. The van der Waals surface area contributed by atoms with E-state index >= 15 is 0 Å². The maximum atomic E-state index is 13.3. The van der Waals surface area contributed by atoms with E-state index in [1.807, 2.05) is 0 Å². The molecule has 2 aromatic rings. The monoisotopic (exact) mass is 495 g/mol. The number of nitrogens with zero attached hydrogens (tertiary/aromatic N) is 3. The van der Waals surface area contributed by atoms with Crippen molar-refractivity contribution < 1.29 is 27.6 Å². The lowest BCUT2D eigenvalue weighted by Crippen LogP contribution is -2.55. The van der Waals surface area contributed by atoms with E-state index in [9.17, 15) is 23.3 Å². The molecule has 2 aliphatic rings. The zero-order valence-electron chi connectivity index (χ0n) is 17.8. The summed E-state index contributed by atoms with van der Waals surface area (Å²) in [5, 5.41) is 11.1. The number of amides is 1. The summed E-state index contributed by atoms with van der Waals surface area (Å²) in [7, 11) is -2.32. The van der Waals surface area contributed by atoms with Gasteiger partial charge in [-0.25, -0.2) is 8.42 Å². The highest BCUT2D eigenvalue weighted by Crippen LogP contribution is 2.39. The van der Waals surface area contributed by atoms with E-state index in [4.69, 9.17) is 21.1 Å². The van der Waals surface area contributed by atoms with Crippen LogP contribution in [0.4, 0.5) is 5.69 Å². The van der Waals surface area contributed by atoms with E-state index in [2.05, 4.69) is 0 Å². The van der Waals surface area contributed by atoms with Gasteiger partial charge in [0.05, 0.1) is 23.5 Å². The molecule has 12 heteroatoms. The van der Waals surface area contributed by atoms with E-state index in [1.165, 1.54) is 40.6 Å². The van der Waals surface area contributed by atoms with Crippen LogP contribution in [-0.2, 0) is 14.8 Å². The third kappa shape index (κ3) is 4.29. The molecular formula is C21H22ClN3O7S. The number of benzene rings is 2. The summed E-state index contributed by atoms with van der Waals surface area (Å²) < 4.78 is 39.0. The fourth-order valence-electron chi connectivity index (χ4n) is 4.23. The molecule has 2 saturated heterocycles. The summed E-state index contributed by atoms with van der Waals surface area (Å²) in [6.07, 6.45) is 0.563. The number of piperidine rings is 1. The number of methoxy groups -OCH3 is 1. The summed E-state index contributed by atoms with van der Waals surface area (Å²) in [5.41, 5.74) is -1.23. The van der Waals surface area contributed by atoms with Crippen LogP contribution in [0.2, 0.25) is 5.02 Å². The molecule has 0 bridgehead atoms. The molecule has 4 rings (SSSR count). The molecule has 0 aliphatic carbocycles. The molecule has 2 aromatic carbocycles. The van der Waals surface area contributed by atoms with E-state index < -0.39 is 20.7 Å². The Morgan fingerprint density at radius 1 is 1.15 bits per heavy atom. The van der Waals surface area contributed by atoms with Crippen LogP contribution in [0.1, 0.15) is 23.2 Å². The van der Waals surface area contributed by atoms with Crippen LogP contribution in [0.15, 0.2) is 47.4 Å². The zero-order chi connectivity index (χ0) is 23.8. The number of hydrogen-bond acceptors (Lipinski definition) is 7. The number of rotatable bonds is 5. The molecule has 1 spiro atoms. The largest absolute Gasteiger partial charge is 0.497 e. The lowest BCUT2D eigenvalue weighted by atomic mass is 10.00. The smallest absolute Gasteiger partial charge is 0.288 e. The van der Waals surface area contributed by atoms with Gasteiger partial charge in [0.1, 0.15) is 16.5 Å². The van der Waals surface area contributed by atoms with Crippen LogP contribution in [0.3, 0.4) is 0 Å². The van der Waals surface area contributed by atoms with Gasteiger partial charge < -0.3 is 14.4 Å². The van der Waals surface area contributed by atoms with Crippen LogP contribution >= 0.6 is 11.6 Å². The van der Waals surface area contributed by atoms with Crippen molar-refractivity contribution in [3.8, 4) is 5.75 Å². The lowest BCUT2D eigenvalue weighted by molar-refractivity contribution is -0.384. The number of halogens is 1. The van der Waals surface area contributed by atoms with Crippen molar-refractivity contribution in [3.63, 3.8) is 0 Å². The summed E-state index contributed by atoms with van der Waals surface area (Å²) in [6.45, 7) is 0.951. The Balaban J connectivity index is 1.51. The van der Waals surface area contributed by atoms with Crippen LogP contribution in [0.5, 0.6) is 5.75 Å². The summed E-state index contributed by atoms with van der Waals surface area (Å²) >= 11 is 5.84. The molecule has 2 aliphatic heterocycles. The first-order valence-electron chi connectivity index (χ1n) is 10.2. The molecule has 0 unspecified atom stereocenters. The standard InChI is InChI=1S/C21H22ClN3O7S/c1-31-16-3-5-17(6-4-16)33(29,30)24-12-13-32-21(24)8-10-23(11-9-21)20(26)15-2-7-18(22)19(14-15)25(27)28/h2-7,14H,8-13H2,1H3. The average Bonchev–Trinajstić information content (AvgIpc) is 3.23. The molecule has 0 aromatic heterocycles. The van der Waals surface area contributed by atoms with Gasteiger partial charge in [0.15, 0.2) is 0 Å². The predicted octanol–water partition coefficient (Wildman–Crippen LogP) is 2.91. The second kappa shape index (κ2) is 8.90. The number of carbonyl (C=O) groups is 1. The topological polar surface area (TPSA) is 119 Å². The fourth-order valence-corrected chi connectivity index (χ4v) is 6.14. The van der Waals surface area contributed by atoms with Gasteiger partial charge in [-0.3, -0.25) is 14.9 Å². The number of ether oxygens (including phenoxy) is 2. The minimum Gasteiger partial charge on any atom is -0.497 e. The zero-order valence-corrected chi connectivity index (χ0v) is 19.3. The van der Waals surface area contributed by atoms with Gasteiger partial charge in [-0.1, -0.05) is 11.6 Å². The first kappa shape index (κ1) is 23.4. The molecule has 0 N–H and O–H groups in total. The van der Waals surface area contributed by atoms with E-state index in [0.717, 1.165) is 6.07 Å². The van der Waals surface area contributed by atoms with E-state index in [0.29, 0.717) is 5.75 Å². The third-order valence-corrected chi connectivity index (χ3v) is 8.27. The summed E-state index contributed by atoms with van der Waals surface area (Å²) in [5.74, 6) is 0.169. The molecule has 0 radical (unpaired) electrons. The van der Waals surface area contributed by atoms with Crippen molar-refractivity contribution in [1.82, 2.24) is 9.21 Å². The number of carbonyl (C=O) groups excluding carboxylic acids is 1. The van der Waals surface area contributed by atoms with Crippen molar-refractivity contribution >= 4 is 33.2 Å². The molecule has 2 fully saturated rings. The van der Waals surface area contributed by atoms with Crippen LogP contribution in [-0.4, -0.2) is 67.5 Å². The second-order valence-electron chi connectivity index (χ2n) is 7.76. The minimum absolute atomic E-state index is 0.0483. The highest BCUT2D eigenvalue weighted by molar-refractivity contribution is 7.89. The lowest BCUT2D eigenvalue weighted by Gasteiger charge is -2.42. The Bertz CT molecular complexity index is 1180. The van der Waals surface area contributed by atoms with E-state index in [-0.39, 0.29) is 66.2 Å². The Kier molecular flexibility index (Phi) is 6.32. The number of likely N-dealkylation sites (tertiary alicyclic amines) is 1. The molecule has 176 valence electrons. The summed E-state index contributed by atoms with van der Waals surface area (Å²) in [4.78, 5) is 25.1. The predicted molar refractivity (Wildman–Crippen MR) is 119 cm³/mol. The van der Waals surface area contributed by atoms with Crippen LogP contribution < -0.4 is 4.74 Å².